The molecule has 0 fully saturated rings. The van der Waals surface area contributed by atoms with E-state index in [1.54, 1.807) is 62.1 Å². The number of hydrogen-bond acceptors (Lipinski definition) is 5. The van der Waals surface area contributed by atoms with Crippen LogP contribution in [0.1, 0.15) is 40.4 Å². The number of nitrogens with zero attached hydrogens (tertiary/aromatic N) is 3. The van der Waals surface area contributed by atoms with Crippen LogP contribution in [0.25, 0.3) is 0 Å². The maximum Gasteiger partial charge on any atom is 0.255 e. The SMILES string of the molecule is CCN(CC)S(=O)(=O)c1cc(C(=O)Nc2ccc(C(=O)c3nccn3C)cc2)ccc1Cl. The molecule has 32 heavy (non-hydrogen) atoms. The lowest BCUT2D eigenvalue weighted by molar-refractivity contribution is 0.102. The number of hydrogen-bond donors (Lipinski definition) is 1. The molecule has 0 spiro atoms. The highest BCUT2D eigenvalue weighted by Crippen LogP contribution is 2.26. The molecule has 0 aliphatic heterocycles. The summed E-state index contributed by atoms with van der Waals surface area (Å²) >= 11 is 6.13. The Morgan fingerprint density at radius 2 is 1.69 bits per heavy atom. The zero-order valence-corrected chi connectivity index (χ0v) is 19.4. The molecule has 3 aromatic rings. The van der Waals surface area contributed by atoms with Gasteiger partial charge in [-0.2, -0.15) is 4.31 Å². The molecule has 2 aromatic carbocycles. The summed E-state index contributed by atoms with van der Waals surface area (Å²) in [4.78, 5) is 29.2. The fraction of sp³-hybridized carbons (Fsp3) is 0.227. The van der Waals surface area contributed by atoms with Crippen LogP contribution in [0.5, 0.6) is 0 Å². The molecule has 0 bridgehead atoms. The number of nitrogens with one attached hydrogen (secondary N) is 1. The summed E-state index contributed by atoms with van der Waals surface area (Å²) in [6, 6.07) is 10.5. The fourth-order valence-corrected chi connectivity index (χ4v) is 5.13. The smallest absolute Gasteiger partial charge is 0.255 e. The Labute approximate surface area is 191 Å². The number of amides is 1. The lowest BCUT2D eigenvalue weighted by atomic mass is 10.1. The first kappa shape index (κ1) is 23.6. The highest BCUT2D eigenvalue weighted by Gasteiger charge is 2.25. The minimum Gasteiger partial charge on any atom is -0.331 e. The standard InChI is InChI=1S/C22H23ClN4O4S/c1-4-27(5-2)32(30,31)19-14-16(8-11-18(19)23)22(29)25-17-9-6-15(7-10-17)20(28)21-24-12-13-26(21)3/h6-14H,4-5H2,1-3H3,(H,25,29). The van der Waals surface area contributed by atoms with Crippen molar-refractivity contribution in [1.82, 2.24) is 13.9 Å². The Hall–Kier alpha value is -3.01. The minimum atomic E-state index is -3.82. The molecule has 0 saturated heterocycles. The van der Waals surface area contributed by atoms with Gasteiger partial charge in [0.05, 0.1) is 5.02 Å². The molecule has 10 heteroatoms. The van der Waals surface area contributed by atoms with Crippen molar-refractivity contribution in [3.8, 4) is 0 Å². The van der Waals surface area contributed by atoms with Gasteiger partial charge in [0.2, 0.25) is 15.8 Å². The van der Waals surface area contributed by atoms with Gasteiger partial charge in [0.1, 0.15) is 4.90 Å². The number of sulfonamides is 1. The van der Waals surface area contributed by atoms with E-state index in [4.69, 9.17) is 11.6 Å². The van der Waals surface area contributed by atoms with Gasteiger partial charge in [-0.25, -0.2) is 13.4 Å². The van der Waals surface area contributed by atoms with Crippen molar-refractivity contribution in [1.29, 1.82) is 0 Å². The van der Waals surface area contributed by atoms with Crippen LogP contribution in [0.15, 0.2) is 59.8 Å². The number of imidazole rings is 1. The van der Waals surface area contributed by atoms with Crippen molar-refractivity contribution < 1.29 is 18.0 Å². The zero-order valence-electron chi connectivity index (χ0n) is 17.9. The zero-order chi connectivity index (χ0) is 23.5. The summed E-state index contributed by atoms with van der Waals surface area (Å²) in [5.74, 6) is -0.426. The van der Waals surface area contributed by atoms with E-state index < -0.39 is 15.9 Å². The first-order valence-electron chi connectivity index (χ1n) is 9.92. The number of rotatable bonds is 8. The summed E-state index contributed by atoms with van der Waals surface area (Å²) in [6.07, 6.45) is 3.23. The number of benzene rings is 2. The summed E-state index contributed by atoms with van der Waals surface area (Å²) in [7, 11) is -2.09. The molecule has 1 N–H and O–H groups in total. The molecule has 0 aliphatic rings. The van der Waals surface area contributed by atoms with Crippen molar-refractivity contribution >= 4 is 39.0 Å². The van der Waals surface area contributed by atoms with E-state index in [2.05, 4.69) is 10.3 Å². The average Bonchev–Trinajstić information content (AvgIpc) is 3.20. The van der Waals surface area contributed by atoms with E-state index in [0.717, 1.165) is 0 Å². The Morgan fingerprint density at radius 1 is 1.06 bits per heavy atom. The predicted octanol–water partition coefficient (Wildman–Crippen LogP) is 3.59. The Kier molecular flexibility index (Phi) is 7.12. The topological polar surface area (TPSA) is 101 Å². The van der Waals surface area contributed by atoms with Gasteiger partial charge in [-0.15, -0.1) is 0 Å². The molecule has 1 aromatic heterocycles. The average molecular weight is 475 g/mol. The van der Waals surface area contributed by atoms with Gasteiger partial charge in [0, 0.05) is 49.3 Å². The van der Waals surface area contributed by atoms with Gasteiger partial charge in [0.15, 0.2) is 5.82 Å². The molecular weight excluding hydrogens is 452 g/mol. The predicted molar refractivity (Wildman–Crippen MR) is 123 cm³/mol. The molecule has 8 nitrogen and oxygen atoms in total. The monoisotopic (exact) mass is 474 g/mol. The van der Waals surface area contributed by atoms with E-state index in [1.165, 1.54) is 22.5 Å². The van der Waals surface area contributed by atoms with E-state index in [0.29, 0.717) is 17.1 Å². The van der Waals surface area contributed by atoms with Crippen molar-refractivity contribution in [2.75, 3.05) is 18.4 Å². The van der Waals surface area contributed by atoms with Crippen LogP contribution in [0.2, 0.25) is 5.02 Å². The summed E-state index contributed by atoms with van der Waals surface area (Å²) < 4.78 is 28.6. The molecule has 0 radical (unpaired) electrons. The van der Waals surface area contributed by atoms with E-state index in [1.807, 2.05) is 0 Å². The molecule has 1 heterocycles. The van der Waals surface area contributed by atoms with E-state index >= 15 is 0 Å². The number of aryl methyl sites for hydroxylation is 1. The molecule has 0 unspecified atom stereocenters. The van der Waals surface area contributed by atoms with Crippen molar-refractivity contribution in [3.05, 3.63) is 76.8 Å². The molecule has 0 saturated carbocycles. The summed E-state index contributed by atoms with van der Waals surface area (Å²) in [5.41, 5.74) is 1.03. The lowest BCUT2D eigenvalue weighted by Gasteiger charge is -2.19. The van der Waals surface area contributed by atoms with E-state index in [9.17, 15) is 18.0 Å². The normalized spacial score (nSPS) is 11.5. The van der Waals surface area contributed by atoms with Crippen molar-refractivity contribution in [2.24, 2.45) is 7.05 Å². The van der Waals surface area contributed by atoms with Gasteiger partial charge >= 0.3 is 0 Å². The number of anilines is 1. The first-order valence-corrected chi connectivity index (χ1v) is 11.7. The van der Waals surface area contributed by atoms with Crippen LogP contribution >= 0.6 is 11.6 Å². The highest BCUT2D eigenvalue weighted by molar-refractivity contribution is 7.89. The summed E-state index contributed by atoms with van der Waals surface area (Å²) in [5, 5.41) is 2.75. The van der Waals surface area contributed by atoms with Crippen LogP contribution in [0, 0.1) is 0 Å². The summed E-state index contributed by atoms with van der Waals surface area (Å²) in [6.45, 7) is 4.03. The third kappa shape index (κ3) is 4.74. The maximum absolute atomic E-state index is 12.8. The Morgan fingerprint density at radius 3 is 2.25 bits per heavy atom. The molecule has 1 amide bonds. The second kappa shape index (κ2) is 9.64. The van der Waals surface area contributed by atoms with Crippen molar-refractivity contribution in [2.45, 2.75) is 18.7 Å². The quantitative estimate of drug-likeness (QED) is 0.503. The van der Waals surface area contributed by atoms with Crippen LogP contribution in [0.4, 0.5) is 5.69 Å². The molecule has 168 valence electrons. The third-order valence-electron chi connectivity index (χ3n) is 4.95. The highest BCUT2D eigenvalue weighted by atomic mass is 35.5. The molecular formula is C22H23ClN4O4S. The largest absolute Gasteiger partial charge is 0.331 e. The number of carbonyl (C=O) groups is 2. The maximum atomic E-state index is 12.8. The van der Waals surface area contributed by atoms with Crippen LogP contribution in [-0.2, 0) is 17.1 Å². The van der Waals surface area contributed by atoms with Crippen LogP contribution < -0.4 is 5.32 Å². The van der Waals surface area contributed by atoms with Gasteiger partial charge in [-0.3, -0.25) is 9.59 Å². The molecule has 3 rings (SSSR count). The number of aromatic nitrogens is 2. The fourth-order valence-electron chi connectivity index (χ4n) is 3.17. The van der Waals surface area contributed by atoms with Crippen molar-refractivity contribution in [3.63, 3.8) is 0 Å². The van der Waals surface area contributed by atoms with Gasteiger partial charge in [-0.1, -0.05) is 25.4 Å². The van der Waals surface area contributed by atoms with Gasteiger partial charge in [-0.05, 0) is 42.5 Å². The number of ketones is 1. The van der Waals surface area contributed by atoms with E-state index in [-0.39, 0.29) is 34.4 Å². The second-order valence-corrected chi connectivity index (χ2v) is 9.27. The van der Waals surface area contributed by atoms with Gasteiger partial charge < -0.3 is 9.88 Å². The lowest BCUT2D eigenvalue weighted by Crippen LogP contribution is -2.31. The third-order valence-corrected chi connectivity index (χ3v) is 7.48. The molecule has 0 aliphatic carbocycles. The van der Waals surface area contributed by atoms with Crippen LogP contribution in [-0.4, -0.2) is 47.1 Å². The number of carbonyl (C=O) groups excluding carboxylic acids is 2. The van der Waals surface area contributed by atoms with Crippen LogP contribution in [0.3, 0.4) is 0 Å². The second-order valence-electron chi connectivity index (χ2n) is 6.96. The van der Waals surface area contributed by atoms with Gasteiger partial charge in [0.25, 0.3) is 5.91 Å². The molecule has 0 atom stereocenters. The number of halogens is 1. The minimum absolute atomic E-state index is 0.0469. The Balaban J connectivity index is 1.81. The Bertz CT molecular complexity index is 1250. The first-order chi connectivity index (χ1) is 15.2.